The van der Waals surface area contributed by atoms with Crippen LogP contribution in [0, 0.1) is 24.0 Å². The topological polar surface area (TPSA) is 112 Å². The Bertz CT molecular complexity index is 1370. The molecule has 0 aliphatic rings. The number of nitro groups is 1. The van der Waals surface area contributed by atoms with E-state index < -0.39 is 4.92 Å². The predicted molar refractivity (Wildman–Crippen MR) is 135 cm³/mol. The van der Waals surface area contributed by atoms with Gasteiger partial charge in [-0.15, -0.1) is 10.2 Å². The zero-order chi connectivity index (χ0) is 24.9. The van der Waals surface area contributed by atoms with Crippen molar-refractivity contribution in [2.24, 2.45) is 0 Å². The van der Waals surface area contributed by atoms with Gasteiger partial charge in [-0.2, -0.15) is 0 Å². The maximum Gasteiger partial charge on any atom is 0.271 e. The lowest BCUT2D eigenvalue weighted by Crippen LogP contribution is -2.15. The Hall–Kier alpha value is -4.18. The normalized spacial score (nSPS) is 10.7. The molecule has 4 aromatic rings. The summed E-state index contributed by atoms with van der Waals surface area (Å²) in [6, 6.07) is 19.8. The third-order valence-corrected chi connectivity index (χ3v) is 6.24. The van der Waals surface area contributed by atoms with Gasteiger partial charge < -0.3 is 10.1 Å². The number of carbonyl (C=O) groups excluding carboxylic acids is 1. The number of nitro benzene ring substituents is 1. The SMILES string of the molecule is COc1ccc(-c2nnc(SCC(=O)Nc3cc([N+](=O)[O-])ccc3C)n2-c2ccc(C)cc2)cc1. The van der Waals surface area contributed by atoms with Crippen LogP contribution in [0.25, 0.3) is 17.1 Å². The number of anilines is 1. The van der Waals surface area contributed by atoms with Crippen LogP contribution in [0.2, 0.25) is 0 Å². The number of ether oxygens (including phenoxy) is 1. The summed E-state index contributed by atoms with van der Waals surface area (Å²) in [6.45, 7) is 3.79. The van der Waals surface area contributed by atoms with Crippen LogP contribution < -0.4 is 10.1 Å². The molecule has 1 amide bonds. The summed E-state index contributed by atoms with van der Waals surface area (Å²) in [6.07, 6.45) is 0. The number of aromatic nitrogens is 3. The smallest absolute Gasteiger partial charge is 0.271 e. The number of carbonyl (C=O) groups is 1. The van der Waals surface area contributed by atoms with E-state index in [1.807, 2.05) is 60.0 Å². The van der Waals surface area contributed by atoms with Gasteiger partial charge >= 0.3 is 0 Å². The Morgan fingerprint density at radius 3 is 2.43 bits per heavy atom. The first-order valence-electron chi connectivity index (χ1n) is 10.7. The monoisotopic (exact) mass is 489 g/mol. The van der Waals surface area contributed by atoms with Gasteiger partial charge in [0.15, 0.2) is 11.0 Å². The average molecular weight is 490 g/mol. The molecule has 0 bridgehead atoms. The lowest BCUT2D eigenvalue weighted by Gasteiger charge is -2.12. The van der Waals surface area contributed by atoms with Crippen LogP contribution >= 0.6 is 11.8 Å². The molecule has 0 aliphatic heterocycles. The molecule has 3 aromatic carbocycles. The van der Waals surface area contributed by atoms with E-state index in [1.54, 1.807) is 20.1 Å². The molecule has 0 fully saturated rings. The molecular weight excluding hydrogens is 466 g/mol. The fourth-order valence-electron chi connectivity index (χ4n) is 3.39. The molecule has 1 heterocycles. The first-order valence-corrected chi connectivity index (χ1v) is 11.7. The number of benzene rings is 3. The summed E-state index contributed by atoms with van der Waals surface area (Å²) in [5.41, 5.74) is 3.89. The molecule has 0 atom stereocenters. The van der Waals surface area contributed by atoms with Crippen molar-refractivity contribution in [2.75, 3.05) is 18.2 Å². The number of nitrogens with zero attached hydrogens (tertiary/aromatic N) is 4. The van der Waals surface area contributed by atoms with Crippen LogP contribution in [0.4, 0.5) is 11.4 Å². The van der Waals surface area contributed by atoms with Crippen molar-refractivity contribution in [2.45, 2.75) is 19.0 Å². The van der Waals surface area contributed by atoms with Gasteiger partial charge in [0.05, 0.1) is 23.5 Å². The highest BCUT2D eigenvalue weighted by molar-refractivity contribution is 7.99. The lowest BCUT2D eigenvalue weighted by atomic mass is 10.2. The molecular formula is C25H23N5O4S. The number of rotatable bonds is 8. The van der Waals surface area contributed by atoms with Crippen LogP contribution in [0.1, 0.15) is 11.1 Å². The highest BCUT2D eigenvalue weighted by Gasteiger charge is 2.18. The van der Waals surface area contributed by atoms with Crippen LogP contribution in [0.3, 0.4) is 0 Å². The number of amides is 1. The van der Waals surface area contributed by atoms with Crippen molar-refractivity contribution in [3.05, 3.63) is 88.0 Å². The van der Waals surface area contributed by atoms with Crippen LogP contribution in [-0.2, 0) is 4.79 Å². The zero-order valence-electron chi connectivity index (χ0n) is 19.4. The lowest BCUT2D eigenvalue weighted by molar-refractivity contribution is -0.384. The number of thioether (sulfide) groups is 1. The van der Waals surface area contributed by atoms with E-state index in [2.05, 4.69) is 15.5 Å². The van der Waals surface area contributed by atoms with Gasteiger partial charge in [0.2, 0.25) is 5.91 Å². The summed E-state index contributed by atoms with van der Waals surface area (Å²) < 4.78 is 7.15. The average Bonchev–Trinajstić information content (AvgIpc) is 3.28. The van der Waals surface area contributed by atoms with E-state index >= 15 is 0 Å². The van der Waals surface area contributed by atoms with E-state index in [9.17, 15) is 14.9 Å². The number of hydrogen-bond donors (Lipinski definition) is 1. The van der Waals surface area contributed by atoms with Gasteiger partial charge in [0, 0.05) is 23.4 Å². The number of aryl methyl sites for hydroxylation is 2. The molecule has 0 spiro atoms. The molecule has 35 heavy (non-hydrogen) atoms. The molecule has 1 N–H and O–H groups in total. The molecule has 10 heteroatoms. The zero-order valence-corrected chi connectivity index (χ0v) is 20.2. The standard InChI is InChI=1S/C25H23N5O4S/c1-16-4-9-19(10-5-16)29-24(18-7-12-21(34-3)13-8-18)27-28-25(29)35-15-23(31)26-22-14-20(30(32)33)11-6-17(22)2/h4-14H,15H2,1-3H3,(H,26,31). The van der Waals surface area contributed by atoms with Crippen molar-refractivity contribution in [1.82, 2.24) is 14.8 Å². The molecule has 0 aliphatic carbocycles. The van der Waals surface area contributed by atoms with E-state index in [1.165, 1.54) is 23.9 Å². The molecule has 0 saturated heterocycles. The number of hydrogen-bond acceptors (Lipinski definition) is 7. The van der Waals surface area contributed by atoms with Crippen LogP contribution in [0.5, 0.6) is 5.75 Å². The van der Waals surface area contributed by atoms with E-state index in [-0.39, 0.29) is 17.3 Å². The highest BCUT2D eigenvalue weighted by atomic mass is 32.2. The quantitative estimate of drug-likeness (QED) is 0.206. The van der Waals surface area contributed by atoms with Crippen LogP contribution in [0.15, 0.2) is 71.9 Å². The van der Waals surface area contributed by atoms with Gasteiger partial charge in [0.1, 0.15) is 5.75 Å². The highest BCUT2D eigenvalue weighted by Crippen LogP contribution is 2.29. The Morgan fingerprint density at radius 2 is 1.77 bits per heavy atom. The Balaban J connectivity index is 1.59. The Labute approximate surface area is 206 Å². The van der Waals surface area contributed by atoms with Crippen molar-refractivity contribution < 1.29 is 14.5 Å². The summed E-state index contributed by atoms with van der Waals surface area (Å²) >= 11 is 1.23. The first-order chi connectivity index (χ1) is 16.9. The second-order valence-corrected chi connectivity index (χ2v) is 8.74. The van der Waals surface area contributed by atoms with Gasteiger partial charge in [-0.1, -0.05) is 35.5 Å². The number of methoxy groups -OCH3 is 1. The molecule has 0 radical (unpaired) electrons. The second-order valence-electron chi connectivity index (χ2n) is 7.80. The maximum absolute atomic E-state index is 12.7. The van der Waals surface area contributed by atoms with Crippen LogP contribution in [-0.4, -0.2) is 38.5 Å². The summed E-state index contributed by atoms with van der Waals surface area (Å²) in [5.74, 6) is 1.12. The fraction of sp³-hybridized carbons (Fsp3) is 0.160. The molecule has 178 valence electrons. The minimum atomic E-state index is -0.491. The fourth-order valence-corrected chi connectivity index (χ4v) is 4.14. The van der Waals surface area contributed by atoms with E-state index in [4.69, 9.17) is 4.74 Å². The van der Waals surface area contributed by atoms with Gasteiger partial charge in [-0.3, -0.25) is 19.5 Å². The summed E-state index contributed by atoms with van der Waals surface area (Å²) in [7, 11) is 1.61. The molecule has 0 saturated carbocycles. The largest absolute Gasteiger partial charge is 0.497 e. The van der Waals surface area contributed by atoms with Crippen molar-refractivity contribution in [3.63, 3.8) is 0 Å². The first kappa shape index (κ1) is 24.0. The third-order valence-electron chi connectivity index (χ3n) is 5.31. The van der Waals surface area contributed by atoms with E-state index in [0.29, 0.717) is 16.7 Å². The molecule has 9 nitrogen and oxygen atoms in total. The van der Waals surface area contributed by atoms with Gasteiger partial charge in [0.25, 0.3) is 5.69 Å². The Kier molecular flexibility index (Phi) is 7.11. The summed E-state index contributed by atoms with van der Waals surface area (Å²) in [5, 5.41) is 23.1. The second kappa shape index (κ2) is 10.4. The van der Waals surface area contributed by atoms with Crippen molar-refractivity contribution in [3.8, 4) is 22.8 Å². The predicted octanol–water partition coefficient (Wildman–Crippen LogP) is 5.20. The molecule has 1 aromatic heterocycles. The minimum absolute atomic E-state index is 0.0503. The number of nitrogens with one attached hydrogen (secondary N) is 1. The van der Waals surface area contributed by atoms with Crippen molar-refractivity contribution in [1.29, 1.82) is 0 Å². The van der Waals surface area contributed by atoms with Gasteiger partial charge in [-0.25, -0.2) is 0 Å². The Morgan fingerprint density at radius 1 is 1.06 bits per heavy atom. The van der Waals surface area contributed by atoms with E-state index in [0.717, 1.165) is 28.1 Å². The minimum Gasteiger partial charge on any atom is -0.497 e. The van der Waals surface area contributed by atoms with Crippen molar-refractivity contribution >= 4 is 29.0 Å². The number of non-ortho nitro benzene ring substituents is 1. The maximum atomic E-state index is 12.7. The van der Waals surface area contributed by atoms with Gasteiger partial charge in [-0.05, 0) is 55.8 Å². The summed E-state index contributed by atoms with van der Waals surface area (Å²) in [4.78, 5) is 23.3. The molecule has 4 rings (SSSR count). The molecule has 0 unspecified atom stereocenters. The third kappa shape index (κ3) is 5.49.